The normalized spacial score (nSPS) is 11.2. The van der Waals surface area contributed by atoms with E-state index in [1.54, 1.807) is 25.3 Å². The first kappa shape index (κ1) is 15.4. The smallest absolute Gasteiger partial charge is 0.173 e. The van der Waals surface area contributed by atoms with Crippen molar-refractivity contribution >= 4 is 23.1 Å². The molecule has 2 rings (SSSR count). The molecule has 0 aliphatic carbocycles. The fourth-order valence-electron chi connectivity index (χ4n) is 2.33. The van der Waals surface area contributed by atoms with E-state index in [0.29, 0.717) is 22.0 Å². The molecule has 2 N–H and O–H groups in total. The van der Waals surface area contributed by atoms with Crippen molar-refractivity contribution in [3.05, 3.63) is 58.6 Å². The first-order valence-corrected chi connectivity index (χ1v) is 6.99. The molecule has 0 aliphatic rings. The number of anilines is 1. The molecular weight excluding hydrogens is 286 g/mol. The minimum Gasteiger partial charge on any atom is -0.496 e. The molecule has 21 heavy (non-hydrogen) atoms. The monoisotopic (exact) mass is 303 g/mol. The van der Waals surface area contributed by atoms with Crippen LogP contribution in [0.25, 0.3) is 0 Å². The zero-order valence-electron chi connectivity index (χ0n) is 12.3. The molecule has 3 nitrogen and oxygen atoms in total. The van der Waals surface area contributed by atoms with Crippen LogP contribution in [0.4, 0.5) is 5.69 Å². The number of para-hydroxylation sites is 1. The Morgan fingerprint density at radius 2 is 1.86 bits per heavy atom. The van der Waals surface area contributed by atoms with E-state index in [4.69, 9.17) is 22.1 Å². The van der Waals surface area contributed by atoms with Crippen molar-refractivity contribution in [3.63, 3.8) is 0 Å². The molecule has 2 aromatic rings. The standard InChI is InChI=1S/C17H18ClNO2/c1-17(2,12-6-4-5-7-15(12)21-3)16(20)11-8-9-13(18)14(19)10-11/h4-10H,19H2,1-3H3. The summed E-state index contributed by atoms with van der Waals surface area (Å²) < 4.78 is 5.36. The number of benzene rings is 2. The molecule has 2 aromatic carbocycles. The van der Waals surface area contributed by atoms with Crippen molar-refractivity contribution in [2.24, 2.45) is 0 Å². The second-order valence-corrected chi connectivity index (χ2v) is 5.80. The first-order valence-electron chi connectivity index (χ1n) is 6.61. The number of ether oxygens (including phenoxy) is 1. The lowest BCUT2D eigenvalue weighted by Gasteiger charge is -2.26. The highest BCUT2D eigenvalue weighted by Gasteiger charge is 2.33. The Morgan fingerprint density at radius 1 is 1.19 bits per heavy atom. The maximum absolute atomic E-state index is 12.8. The van der Waals surface area contributed by atoms with Gasteiger partial charge in [-0.05, 0) is 38.1 Å². The van der Waals surface area contributed by atoms with Crippen LogP contribution >= 0.6 is 11.6 Å². The highest BCUT2D eigenvalue weighted by Crippen LogP contribution is 2.35. The van der Waals surface area contributed by atoms with Gasteiger partial charge in [-0.3, -0.25) is 4.79 Å². The third kappa shape index (κ3) is 2.88. The number of nitrogens with two attached hydrogens (primary N) is 1. The molecule has 0 spiro atoms. The predicted octanol–water partition coefficient (Wildman–Crippen LogP) is 4.09. The van der Waals surface area contributed by atoms with Crippen molar-refractivity contribution in [1.82, 2.24) is 0 Å². The molecule has 0 saturated heterocycles. The highest BCUT2D eigenvalue weighted by atomic mass is 35.5. The fourth-order valence-corrected chi connectivity index (χ4v) is 2.45. The highest BCUT2D eigenvalue weighted by molar-refractivity contribution is 6.33. The van der Waals surface area contributed by atoms with Crippen LogP contribution in [-0.4, -0.2) is 12.9 Å². The number of carbonyl (C=O) groups is 1. The summed E-state index contributed by atoms with van der Waals surface area (Å²) in [7, 11) is 1.60. The minimum absolute atomic E-state index is 0.0321. The van der Waals surface area contributed by atoms with E-state index in [9.17, 15) is 4.79 Å². The molecule has 0 saturated carbocycles. The number of nitrogen functional groups attached to an aromatic ring is 1. The summed E-state index contributed by atoms with van der Waals surface area (Å²) in [5, 5.41) is 0.446. The van der Waals surface area contributed by atoms with Crippen molar-refractivity contribution < 1.29 is 9.53 Å². The Hall–Kier alpha value is -2.00. The summed E-state index contributed by atoms with van der Waals surface area (Å²) in [6.45, 7) is 3.75. The fraction of sp³-hybridized carbons (Fsp3) is 0.235. The second-order valence-electron chi connectivity index (χ2n) is 5.39. The molecule has 0 amide bonds. The Kier molecular flexibility index (Phi) is 4.24. The van der Waals surface area contributed by atoms with E-state index in [1.807, 2.05) is 38.1 Å². The maximum Gasteiger partial charge on any atom is 0.173 e. The van der Waals surface area contributed by atoms with Crippen LogP contribution in [0.1, 0.15) is 29.8 Å². The topological polar surface area (TPSA) is 52.3 Å². The summed E-state index contributed by atoms with van der Waals surface area (Å²) in [6, 6.07) is 12.5. The maximum atomic E-state index is 12.8. The van der Waals surface area contributed by atoms with Gasteiger partial charge in [0.1, 0.15) is 5.75 Å². The lowest BCUT2D eigenvalue weighted by Crippen LogP contribution is -2.29. The average molecular weight is 304 g/mol. The molecular formula is C17H18ClNO2. The van der Waals surface area contributed by atoms with Gasteiger partial charge in [-0.15, -0.1) is 0 Å². The molecule has 0 atom stereocenters. The van der Waals surface area contributed by atoms with Crippen LogP contribution in [0.5, 0.6) is 5.75 Å². The third-order valence-electron chi connectivity index (χ3n) is 3.61. The summed E-state index contributed by atoms with van der Waals surface area (Å²) in [6.07, 6.45) is 0. The predicted molar refractivity (Wildman–Crippen MR) is 86.2 cm³/mol. The molecule has 0 aliphatic heterocycles. The molecule has 0 unspecified atom stereocenters. The number of Topliss-reactive ketones (excluding diaryl/α,β-unsaturated/α-hetero) is 1. The van der Waals surface area contributed by atoms with Crippen molar-refractivity contribution in [2.45, 2.75) is 19.3 Å². The average Bonchev–Trinajstić information content (AvgIpc) is 2.49. The summed E-state index contributed by atoms with van der Waals surface area (Å²) in [4.78, 5) is 12.8. The number of ketones is 1. The van der Waals surface area contributed by atoms with Gasteiger partial charge in [0.2, 0.25) is 0 Å². The van der Waals surface area contributed by atoms with Gasteiger partial charge >= 0.3 is 0 Å². The molecule has 110 valence electrons. The van der Waals surface area contributed by atoms with Gasteiger partial charge in [-0.25, -0.2) is 0 Å². The number of hydrogen-bond donors (Lipinski definition) is 1. The van der Waals surface area contributed by atoms with Crippen LogP contribution in [-0.2, 0) is 5.41 Å². The van der Waals surface area contributed by atoms with E-state index in [1.165, 1.54) is 0 Å². The summed E-state index contributed by atoms with van der Waals surface area (Å²) in [5.74, 6) is 0.660. The van der Waals surface area contributed by atoms with Gasteiger partial charge in [0.05, 0.1) is 23.2 Å². The SMILES string of the molecule is COc1ccccc1C(C)(C)C(=O)c1ccc(Cl)c(N)c1. The van der Waals surface area contributed by atoms with E-state index in [2.05, 4.69) is 0 Å². The number of carbonyl (C=O) groups excluding carboxylic acids is 1. The zero-order valence-corrected chi connectivity index (χ0v) is 13.1. The Balaban J connectivity index is 2.47. The van der Waals surface area contributed by atoms with E-state index < -0.39 is 5.41 Å². The molecule has 0 bridgehead atoms. The van der Waals surface area contributed by atoms with Gasteiger partial charge in [-0.1, -0.05) is 29.8 Å². The molecule has 0 aromatic heterocycles. The van der Waals surface area contributed by atoms with Gasteiger partial charge < -0.3 is 10.5 Å². The quantitative estimate of drug-likeness (QED) is 0.683. The van der Waals surface area contributed by atoms with Crippen LogP contribution < -0.4 is 10.5 Å². The lowest BCUT2D eigenvalue weighted by molar-refractivity contribution is 0.0906. The summed E-state index contributed by atoms with van der Waals surface area (Å²) in [5.41, 5.74) is 6.83. The number of hydrogen-bond acceptors (Lipinski definition) is 3. The first-order chi connectivity index (χ1) is 9.87. The van der Waals surface area contributed by atoms with Crippen molar-refractivity contribution in [1.29, 1.82) is 0 Å². The van der Waals surface area contributed by atoms with E-state index in [0.717, 1.165) is 5.56 Å². The minimum atomic E-state index is -0.729. The van der Waals surface area contributed by atoms with Gasteiger partial charge in [-0.2, -0.15) is 0 Å². The van der Waals surface area contributed by atoms with Gasteiger partial charge in [0, 0.05) is 11.1 Å². The van der Waals surface area contributed by atoms with Crippen LogP contribution in [0, 0.1) is 0 Å². The van der Waals surface area contributed by atoms with Gasteiger partial charge in [0.25, 0.3) is 0 Å². The number of rotatable bonds is 4. The van der Waals surface area contributed by atoms with E-state index >= 15 is 0 Å². The largest absolute Gasteiger partial charge is 0.496 e. The number of methoxy groups -OCH3 is 1. The Bertz CT molecular complexity index is 680. The lowest BCUT2D eigenvalue weighted by atomic mass is 9.77. The van der Waals surface area contributed by atoms with Gasteiger partial charge in [0.15, 0.2) is 5.78 Å². The Labute approximate surface area is 129 Å². The van der Waals surface area contributed by atoms with Crippen LogP contribution in [0.2, 0.25) is 5.02 Å². The second kappa shape index (κ2) is 5.78. The summed E-state index contributed by atoms with van der Waals surface area (Å²) >= 11 is 5.91. The number of halogens is 1. The molecule has 4 heteroatoms. The van der Waals surface area contributed by atoms with Crippen molar-refractivity contribution in [3.8, 4) is 5.75 Å². The van der Waals surface area contributed by atoms with Crippen molar-refractivity contribution in [2.75, 3.05) is 12.8 Å². The molecule has 0 fully saturated rings. The third-order valence-corrected chi connectivity index (χ3v) is 3.95. The van der Waals surface area contributed by atoms with E-state index in [-0.39, 0.29) is 5.78 Å². The zero-order chi connectivity index (χ0) is 15.6. The van der Waals surface area contributed by atoms with Crippen LogP contribution in [0.15, 0.2) is 42.5 Å². The molecule has 0 heterocycles. The Morgan fingerprint density at radius 3 is 2.48 bits per heavy atom. The molecule has 0 radical (unpaired) electrons. The van der Waals surface area contributed by atoms with Crippen LogP contribution in [0.3, 0.4) is 0 Å².